The van der Waals surface area contributed by atoms with Crippen molar-refractivity contribution < 1.29 is 9.13 Å². The van der Waals surface area contributed by atoms with Gasteiger partial charge in [0.15, 0.2) is 0 Å². The predicted octanol–water partition coefficient (Wildman–Crippen LogP) is 5.26. The van der Waals surface area contributed by atoms with Crippen LogP contribution in [0.25, 0.3) is 0 Å². The van der Waals surface area contributed by atoms with E-state index in [-0.39, 0.29) is 6.61 Å². The summed E-state index contributed by atoms with van der Waals surface area (Å²) in [6, 6.07) is 40.7. The average molecular weight is 415 g/mol. The summed E-state index contributed by atoms with van der Waals surface area (Å²) >= 11 is 0. The van der Waals surface area contributed by atoms with Crippen molar-refractivity contribution in [3.8, 4) is 5.75 Å². The molecule has 1 nitrogen and oxygen atoms in total. The summed E-state index contributed by atoms with van der Waals surface area (Å²) in [5, 5.41) is 4.06. The van der Waals surface area contributed by atoms with Gasteiger partial charge in [-0.25, -0.2) is 0 Å². The fraction of sp³-hybridized carbons (Fsp3) is 0.111. The zero-order valence-electron chi connectivity index (χ0n) is 16.9. The van der Waals surface area contributed by atoms with Gasteiger partial charge in [-0.2, -0.15) is 0 Å². The minimum absolute atomic E-state index is 0.0866. The molecular formula is C27H26FOP. The van der Waals surface area contributed by atoms with Gasteiger partial charge in [0, 0.05) is 0 Å². The van der Waals surface area contributed by atoms with E-state index in [1.54, 1.807) is 0 Å². The maximum absolute atomic E-state index is 12.5. The third kappa shape index (κ3) is 4.30. The molecule has 0 aliphatic rings. The van der Waals surface area contributed by atoms with Crippen LogP contribution in [0.3, 0.4) is 0 Å². The SMILES string of the molecule is [18F]CCOc1ccc([PH](Cc2ccccc2)(c2ccccc2)c2ccccc2)cc1. The zero-order chi connectivity index (χ0) is 20.7. The molecule has 0 amide bonds. The fourth-order valence-electron chi connectivity index (χ4n) is 4.15. The minimum atomic E-state index is -2.35. The van der Waals surface area contributed by atoms with Gasteiger partial charge in [-0.15, -0.1) is 0 Å². The molecule has 0 aliphatic carbocycles. The molecule has 30 heavy (non-hydrogen) atoms. The molecule has 0 saturated carbocycles. The van der Waals surface area contributed by atoms with Crippen LogP contribution in [0.15, 0.2) is 115 Å². The Morgan fingerprint density at radius 2 is 1.03 bits per heavy atom. The van der Waals surface area contributed by atoms with Crippen molar-refractivity contribution in [2.45, 2.75) is 6.16 Å². The van der Waals surface area contributed by atoms with Crippen LogP contribution in [-0.4, -0.2) is 13.3 Å². The van der Waals surface area contributed by atoms with Gasteiger partial charge in [-0.05, 0) is 0 Å². The number of alkyl halides is 1. The Morgan fingerprint density at radius 1 is 0.567 bits per heavy atom. The summed E-state index contributed by atoms with van der Waals surface area (Å²) in [5.41, 5.74) is 1.33. The molecule has 0 N–H and O–H groups in total. The van der Waals surface area contributed by atoms with Crippen LogP contribution in [-0.2, 0) is 6.16 Å². The van der Waals surface area contributed by atoms with E-state index in [1.165, 1.54) is 21.5 Å². The monoisotopic (exact) mass is 415 g/mol. The summed E-state index contributed by atoms with van der Waals surface area (Å²) < 4.78 is 18.0. The molecule has 0 heterocycles. The Labute approximate surface area is 178 Å². The van der Waals surface area contributed by atoms with Gasteiger partial charge in [0.05, 0.1) is 0 Å². The van der Waals surface area contributed by atoms with E-state index in [9.17, 15) is 4.39 Å². The topological polar surface area (TPSA) is 9.23 Å². The number of hydrogen-bond donors (Lipinski definition) is 0. The van der Waals surface area contributed by atoms with Crippen LogP contribution in [0, 0.1) is 0 Å². The first-order valence-corrected chi connectivity index (χ1v) is 12.5. The number of halogens is 1. The van der Waals surface area contributed by atoms with Crippen LogP contribution in [0.4, 0.5) is 4.39 Å². The van der Waals surface area contributed by atoms with Gasteiger partial charge in [-0.1, -0.05) is 0 Å². The first kappa shape index (κ1) is 20.3. The van der Waals surface area contributed by atoms with E-state index in [0.29, 0.717) is 5.75 Å². The van der Waals surface area contributed by atoms with Crippen molar-refractivity contribution in [3.05, 3.63) is 121 Å². The predicted molar refractivity (Wildman–Crippen MR) is 128 cm³/mol. The summed E-state index contributed by atoms with van der Waals surface area (Å²) in [4.78, 5) is 0. The van der Waals surface area contributed by atoms with Crippen LogP contribution in [0.1, 0.15) is 5.56 Å². The molecule has 4 rings (SSSR count). The van der Waals surface area contributed by atoms with Crippen LogP contribution >= 0.6 is 7.26 Å². The van der Waals surface area contributed by atoms with E-state index < -0.39 is 13.9 Å². The molecule has 4 aromatic carbocycles. The van der Waals surface area contributed by atoms with E-state index in [0.717, 1.165) is 6.16 Å². The van der Waals surface area contributed by atoms with E-state index >= 15 is 0 Å². The average Bonchev–Trinajstić information content (AvgIpc) is 2.83. The third-order valence-corrected chi connectivity index (χ3v) is 10.4. The van der Waals surface area contributed by atoms with Crippen molar-refractivity contribution >= 4 is 23.2 Å². The molecule has 0 saturated heterocycles. The summed E-state index contributed by atoms with van der Waals surface area (Å²) in [6.45, 7) is -0.397. The van der Waals surface area contributed by atoms with Gasteiger partial charge in [0.25, 0.3) is 0 Å². The van der Waals surface area contributed by atoms with E-state index in [2.05, 4.69) is 103 Å². The van der Waals surface area contributed by atoms with Gasteiger partial charge in [0.2, 0.25) is 0 Å². The summed E-state index contributed by atoms with van der Waals surface area (Å²) in [5.74, 6) is 0.708. The third-order valence-electron chi connectivity index (χ3n) is 5.54. The number of hydrogen-bond acceptors (Lipinski definition) is 1. The number of benzene rings is 4. The molecule has 0 bridgehead atoms. The zero-order valence-corrected chi connectivity index (χ0v) is 17.9. The molecule has 0 radical (unpaired) electrons. The second-order valence-electron chi connectivity index (χ2n) is 7.36. The molecule has 0 aromatic heterocycles. The summed E-state index contributed by atoms with van der Waals surface area (Å²) in [6.07, 6.45) is 0.965. The second-order valence-corrected chi connectivity index (χ2v) is 11.3. The molecule has 0 unspecified atom stereocenters. The molecule has 4 aromatic rings. The maximum atomic E-state index is 12.5. The molecular weight excluding hydrogens is 389 g/mol. The van der Waals surface area contributed by atoms with Gasteiger partial charge >= 0.3 is 178 Å². The van der Waals surface area contributed by atoms with Crippen molar-refractivity contribution in [3.63, 3.8) is 0 Å². The Balaban J connectivity index is 1.90. The molecule has 0 aliphatic heterocycles. The number of rotatable bonds is 8. The normalized spacial score (nSPS) is 11.8. The Morgan fingerprint density at radius 3 is 1.53 bits per heavy atom. The molecule has 0 fully saturated rings. The van der Waals surface area contributed by atoms with Gasteiger partial charge in [0.1, 0.15) is 0 Å². The second kappa shape index (κ2) is 9.69. The van der Waals surface area contributed by atoms with Crippen LogP contribution < -0.4 is 20.7 Å². The van der Waals surface area contributed by atoms with Gasteiger partial charge < -0.3 is 0 Å². The Hall–Kier alpha value is -2.96. The van der Waals surface area contributed by atoms with E-state index in [4.69, 9.17) is 4.74 Å². The molecule has 3 heteroatoms. The van der Waals surface area contributed by atoms with Gasteiger partial charge in [-0.3, -0.25) is 0 Å². The number of ether oxygens (including phenoxy) is 1. The first-order valence-electron chi connectivity index (χ1n) is 10.3. The van der Waals surface area contributed by atoms with Crippen molar-refractivity contribution in [1.82, 2.24) is 0 Å². The van der Waals surface area contributed by atoms with Crippen LogP contribution in [0.2, 0.25) is 0 Å². The van der Waals surface area contributed by atoms with Crippen molar-refractivity contribution in [2.24, 2.45) is 0 Å². The summed E-state index contributed by atoms with van der Waals surface area (Å²) in [7, 11) is -2.35. The fourth-order valence-corrected chi connectivity index (χ4v) is 8.86. The first-order chi connectivity index (χ1) is 14.8. The Kier molecular flexibility index (Phi) is 6.57. The van der Waals surface area contributed by atoms with Crippen molar-refractivity contribution in [1.29, 1.82) is 0 Å². The molecule has 0 atom stereocenters. The van der Waals surface area contributed by atoms with E-state index in [1.807, 2.05) is 12.1 Å². The molecule has 152 valence electrons. The van der Waals surface area contributed by atoms with Crippen LogP contribution in [0.5, 0.6) is 5.75 Å². The standard InChI is InChI=1S/C27H26FOP/c28-20-21-29-24-16-18-27(19-17-24)30(25-12-6-2-7-13-25,26-14-8-3-9-15-26)22-23-10-4-1-5-11-23/h1-19,30H,20-22H2/i28-1. The van der Waals surface area contributed by atoms with Crippen molar-refractivity contribution in [2.75, 3.05) is 13.3 Å². The quantitative estimate of drug-likeness (QED) is 0.357. The molecule has 0 spiro atoms. The Bertz CT molecular complexity index is 995.